The quantitative estimate of drug-likeness (QED) is 0.579. The van der Waals surface area contributed by atoms with Gasteiger partial charge in [-0.2, -0.15) is 0 Å². The Labute approximate surface area is 162 Å². The summed E-state index contributed by atoms with van der Waals surface area (Å²) in [5.74, 6) is 2.08. The summed E-state index contributed by atoms with van der Waals surface area (Å²) in [6.45, 7) is 6.34. The zero-order valence-corrected chi connectivity index (χ0v) is 17.0. The molecule has 5 nitrogen and oxygen atoms in total. The van der Waals surface area contributed by atoms with Gasteiger partial charge < -0.3 is 10.1 Å². The van der Waals surface area contributed by atoms with Crippen molar-refractivity contribution < 1.29 is 9.53 Å². The smallest absolute Gasteiger partial charge is 0.234 e. The lowest BCUT2D eigenvalue weighted by atomic mass is 9.96. The number of benzene rings is 1. The minimum absolute atomic E-state index is 0.0729. The van der Waals surface area contributed by atoms with Gasteiger partial charge in [0.25, 0.3) is 0 Å². The number of fused-ring (bicyclic) bond motifs is 1. The number of aryl methyl sites for hydroxylation is 1. The normalized spacial score (nSPS) is 18.5. The van der Waals surface area contributed by atoms with Crippen molar-refractivity contribution in [3.8, 4) is 5.75 Å². The van der Waals surface area contributed by atoms with Crippen molar-refractivity contribution in [1.29, 1.82) is 0 Å². The zero-order chi connectivity index (χ0) is 18.7. The van der Waals surface area contributed by atoms with Crippen LogP contribution >= 0.6 is 23.5 Å². The van der Waals surface area contributed by atoms with Gasteiger partial charge in [-0.1, -0.05) is 37.7 Å². The molecule has 0 saturated heterocycles. The van der Waals surface area contributed by atoms with Crippen molar-refractivity contribution in [3.05, 3.63) is 35.7 Å². The number of nitrogens with zero attached hydrogens (tertiary/aromatic N) is 2. The van der Waals surface area contributed by atoms with E-state index in [1.807, 2.05) is 43.0 Å². The molecule has 3 rings (SSSR count). The predicted molar refractivity (Wildman–Crippen MR) is 107 cm³/mol. The molecule has 1 N–H and O–H groups in total. The second kappa shape index (κ2) is 8.31. The van der Waals surface area contributed by atoms with E-state index in [0.717, 1.165) is 22.3 Å². The Bertz CT molecular complexity index is 813. The summed E-state index contributed by atoms with van der Waals surface area (Å²) >= 11 is 3.30. The van der Waals surface area contributed by atoms with Gasteiger partial charge >= 0.3 is 0 Å². The average molecular weight is 390 g/mol. The molecule has 0 radical (unpaired) electrons. The van der Waals surface area contributed by atoms with E-state index in [1.54, 1.807) is 7.11 Å². The van der Waals surface area contributed by atoms with Gasteiger partial charge in [-0.15, -0.1) is 11.8 Å². The van der Waals surface area contributed by atoms with Crippen LogP contribution in [0.2, 0.25) is 0 Å². The van der Waals surface area contributed by atoms with Gasteiger partial charge in [0.15, 0.2) is 0 Å². The first kappa shape index (κ1) is 19.0. The molecule has 0 bridgehead atoms. The van der Waals surface area contributed by atoms with Crippen molar-refractivity contribution in [2.24, 2.45) is 0 Å². The van der Waals surface area contributed by atoms with Gasteiger partial charge in [-0.25, -0.2) is 9.97 Å². The maximum absolute atomic E-state index is 12.4. The number of amides is 1. The lowest BCUT2D eigenvalue weighted by Crippen LogP contribution is -2.15. The van der Waals surface area contributed by atoms with Crippen LogP contribution < -0.4 is 10.1 Å². The van der Waals surface area contributed by atoms with Crippen LogP contribution in [0.5, 0.6) is 5.75 Å². The third-order valence-corrected chi connectivity index (χ3v) is 6.61. The van der Waals surface area contributed by atoms with E-state index in [9.17, 15) is 4.79 Å². The topological polar surface area (TPSA) is 64.1 Å². The number of methoxy groups -OCH3 is 1. The first-order valence-electron chi connectivity index (χ1n) is 8.64. The van der Waals surface area contributed by atoms with E-state index in [-0.39, 0.29) is 5.91 Å². The molecule has 2 aromatic rings. The highest BCUT2D eigenvalue weighted by molar-refractivity contribution is 8.01. The Balaban J connectivity index is 1.73. The molecule has 1 aliphatic heterocycles. The van der Waals surface area contributed by atoms with Crippen molar-refractivity contribution >= 4 is 35.1 Å². The zero-order valence-electron chi connectivity index (χ0n) is 15.4. The Morgan fingerprint density at radius 3 is 2.85 bits per heavy atom. The van der Waals surface area contributed by atoms with Gasteiger partial charge in [-0.3, -0.25) is 4.79 Å². The fourth-order valence-electron chi connectivity index (χ4n) is 3.14. The number of rotatable bonds is 6. The third kappa shape index (κ3) is 3.99. The van der Waals surface area contributed by atoms with Crippen LogP contribution in [0.1, 0.15) is 37.6 Å². The van der Waals surface area contributed by atoms with E-state index in [2.05, 4.69) is 29.1 Å². The summed E-state index contributed by atoms with van der Waals surface area (Å²) in [6, 6.07) is 7.41. The second-order valence-corrected chi connectivity index (χ2v) is 8.50. The largest absolute Gasteiger partial charge is 0.495 e. The van der Waals surface area contributed by atoms with Crippen molar-refractivity contribution in [1.82, 2.24) is 9.97 Å². The third-order valence-electron chi connectivity index (χ3n) is 4.38. The molecule has 2 unspecified atom stereocenters. The van der Waals surface area contributed by atoms with Crippen LogP contribution in [0.3, 0.4) is 0 Å². The lowest BCUT2D eigenvalue weighted by Gasteiger charge is -2.15. The molecule has 2 atom stereocenters. The van der Waals surface area contributed by atoms with Gasteiger partial charge in [0.1, 0.15) is 21.6 Å². The summed E-state index contributed by atoms with van der Waals surface area (Å²) in [5.41, 5.74) is 1.89. The minimum atomic E-state index is -0.0729. The van der Waals surface area contributed by atoms with Gasteiger partial charge in [-0.05, 0) is 25.5 Å². The summed E-state index contributed by atoms with van der Waals surface area (Å²) in [5, 5.41) is 5.42. The number of ether oxygens (including phenoxy) is 1. The molecule has 1 aromatic carbocycles. The summed E-state index contributed by atoms with van der Waals surface area (Å²) in [4.78, 5) is 21.6. The monoisotopic (exact) mass is 389 g/mol. The number of hydrogen-bond acceptors (Lipinski definition) is 6. The van der Waals surface area contributed by atoms with Crippen molar-refractivity contribution in [2.75, 3.05) is 18.2 Å². The SMILES string of the molecule is CCC1c2c(SCC(=O)Nc3ccccc3OC)nc(C)nc2SC1C. The first-order valence-corrected chi connectivity index (χ1v) is 10.5. The van der Waals surface area contributed by atoms with Crippen LogP contribution in [0.15, 0.2) is 34.3 Å². The minimum Gasteiger partial charge on any atom is -0.495 e. The number of carbonyl (C=O) groups is 1. The Morgan fingerprint density at radius 1 is 1.35 bits per heavy atom. The molecule has 0 fully saturated rings. The van der Waals surface area contributed by atoms with Gasteiger partial charge in [0.2, 0.25) is 5.91 Å². The number of anilines is 1. The summed E-state index contributed by atoms with van der Waals surface area (Å²) < 4.78 is 5.28. The Kier molecular flexibility index (Phi) is 6.09. The Morgan fingerprint density at radius 2 is 2.12 bits per heavy atom. The highest BCUT2D eigenvalue weighted by Crippen LogP contribution is 2.48. The van der Waals surface area contributed by atoms with E-state index in [1.165, 1.54) is 17.3 Å². The standard InChI is InChI=1S/C19H23N3O2S2/c1-5-13-11(2)26-19-17(13)18(20-12(3)21-19)25-10-16(23)22-14-8-6-7-9-15(14)24-4/h6-9,11,13H,5,10H2,1-4H3,(H,22,23). The number of hydrogen-bond donors (Lipinski definition) is 1. The van der Waals surface area contributed by atoms with E-state index in [0.29, 0.717) is 28.4 Å². The van der Waals surface area contributed by atoms with Gasteiger partial charge in [0, 0.05) is 16.7 Å². The van der Waals surface area contributed by atoms with Crippen molar-refractivity contribution in [3.63, 3.8) is 0 Å². The molecule has 7 heteroatoms. The van der Waals surface area contributed by atoms with Crippen LogP contribution in [0.4, 0.5) is 5.69 Å². The molecule has 1 aliphatic rings. The van der Waals surface area contributed by atoms with Crippen LogP contribution in [-0.2, 0) is 4.79 Å². The molecule has 138 valence electrons. The van der Waals surface area contributed by atoms with Crippen LogP contribution in [0.25, 0.3) is 0 Å². The lowest BCUT2D eigenvalue weighted by molar-refractivity contribution is -0.113. The summed E-state index contributed by atoms with van der Waals surface area (Å²) in [7, 11) is 1.59. The molecule has 0 saturated carbocycles. The number of para-hydroxylation sites is 2. The number of carbonyl (C=O) groups excluding carboxylic acids is 1. The number of nitrogens with one attached hydrogen (secondary N) is 1. The Hall–Kier alpha value is -1.73. The summed E-state index contributed by atoms with van der Waals surface area (Å²) in [6.07, 6.45) is 1.05. The maximum Gasteiger partial charge on any atom is 0.234 e. The molecule has 1 amide bonds. The fourth-order valence-corrected chi connectivity index (χ4v) is 5.55. The predicted octanol–water partition coefficient (Wildman–Crippen LogP) is 4.51. The number of thioether (sulfide) groups is 2. The van der Waals surface area contributed by atoms with Crippen molar-refractivity contribution in [2.45, 2.75) is 48.4 Å². The molecule has 0 aliphatic carbocycles. The van der Waals surface area contributed by atoms with Crippen LogP contribution in [0, 0.1) is 6.92 Å². The molecule has 1 aromatic heterocycles. The molecular formula is C19H23N3O2S2. The highest BCUT2D eigenvalue weighted by atomic mass is 32.2. The second-order valence-electron chi connectivity index (χ2n) is 6.17. The molecule has 26 heavy (non-hydrogen) atoms. The average Bonchev–Trinajstić information content (AvgIpc) is 2.94. The number of aromatic nitrogens is 2. The molecule has 0 spiro atoms. The van der Waals surface area contributed by atoms with Crippen LogP contribution in [-0.4, -0.2) is 34.0 Å². The van der Waals surface area contributed by atoms with E-state index >= 15 is 0 Å². The van der Waals surface area contributed by atoms with Gasteiger partial charge in [0.05, 0.1) is 18.6 Å². The first-order chi connectivity index (χ1) is 12.5. The van der Waals surface area contributed by atoms with E-state index in [4.69, 9.17) is 4.74 Å². The highest BCUT2D eigenvalue weighted by Gasteiger charge is 2.33. The molecule has 2 heterocycles. The fraction of sp³-hybridized carbons (Fsp3) is 0.421. The maximum atomic E-state index is 12.4. The van der Waals surface area contributed by atoms with E-state index < -0.39 is 0 Å². The molecular weight excluding hydrogens is 366 g/mol.